The third kappa shape index (κ3) is 5.45. The Morgan fingerprint density at radius 1 is 1.19 bits per heavy atom. The molecule has 0 aliphatic carbocycles. The second kappa shape index (κ2) is 10.0. The van der Waals surface area contributed by atoms with Crippen molar-refractivity contribution in [3.63, 3.8) is 0 Å². The first-order valence-electron chi connectivity index (χ1n) is 10.7. The molecule has 1 unspecified atom stereocenters. The molecule has 194 valence electrons. The van der Waals surface area contributed by atoms with Crippen LogP contribution in [0.3, 0.4) is 0 Å². The van der Waals surface area contributed by atoms with Crippen molar-refractivity contribution in [2.45, 2.75) is 31.4 Å². The molecule has 4 heterocycles. The van der Waals surface area contributed by atoms with E-state index in [0.29, 0.717) is 30.5 Å². The molecule has 0 bridgehead atoms. The van der Waals surface area contributed by atoms with Crippen molar-refractivity contribution >= 4 is 16.0 Å². The zero-order chi connectivity index (χ0) is 26.8. The Hall–Kier alpha value is -4.26. The van der Waals surface area contributed by atoms with Gasteiger partial charge in [0.1, 0.15) is 6.10 Å². The highest BCUT2D eigenvalue weighted by atomic mass is 32.2. The molecule has 1 aliphatic heterocycles. The van der Waals surface area contributed by atoms with E-state index in [9.17, 15) is 31.6 Å². The summed E-state index contributed by atoms with van der Waals surface area (Å²) >= 11 is 0. The van der Waals surface area contributed by atoms with E-state index in [-0.39, 0.29) is 23.8 Å². The summed E-state index contributed by atoms with van der Waals surface area (Å²) in [6.45, 7) is 2.18. The van der Waals surface area contributed by atoms with E-state index >= 15 is 0 Å². The highest BCUT2D eigenvalue weighted by Crippen LogP contribution is 2.28. The number of piperidine rings is 1. The molecule has 1 saturated heterocycles. The van der Waals surface area contributed by atoms with Crippen LogP contribution in [0.15, 0.2) is 36.8 Å². The van der Waals surface area contributed by atoms with Gasteiger partial charge in [0.05, 0.1) is 36.1 Å². The van der Waals surface area contributed by atoms with Crippen LogP contribution in [-0.2, 0) is 10.1 Å². The fourth-order valence-corrected chi connectivity index (χ4v) is 4.00. The third-order valence-corrected chi connectivity index (χ3v) is 6.35. The fraction of sp³-hybridized carbons (Fsp3) is 0.333. The SMILES string of the molecule is Cc1c(C#N)ccnc1OC1CCCN(C(=O)c2ccc(OS(=O)(=O)C(F)(F)F)nc2-n2nccn2)C1. The van der Waals surface area contributed by atoms with Gasteiger partial charge >= 0.3 is 15.6 Å². The highest BCUT2D eigenvalue weighted by Gasteiger charge is 2.49. The standard InChI is InChI=1S/C21H18F3N7O5S/c1-13-14(11-25)6-7-26-19(13)35-15-3-2-10-30(12-15)20(32)16-4-5-17(36-37(33,34)21(22,23)24)29-18(16)31-27-8-9-28-31/h4-9,15H,2-3,10,12H2,1H3. The van der Waals surface area contributed by atoms with E-state index in [1.54, 1.807) is 13.0 Å². The number of carbonyl (C=O) groups is 1. The zero-order valence-corrected chi connectivity index (χ0v) is 19.9. The normalized spacial score (nSPS) is 16.2. The number of pyridine rings is 2. The lowest BCUT2D eigenvalue weighted by Crippen LogP contribution is -2.44. The summed E-state index contributed by atoms with van der Waals surface area (Å²) in [6, 6.07) is 5.53. The van der Waals surface area contributed by atoms with Crippen molar-refractivity contribution in [3.8, 4) is 23.6 Å². The van der Waals surface area contributed by atoms with Crippen LogP contribution in [0.4, 0.5) is 13.2 Å². The number of rotatable bonds is 6. The minimum absolute atomic E-state index is 0.102. The Morgan fingerprint density at radius 3 is 2.59 bits per heavy atom. The molecule has 1 amide bonds. The van der Waals surface area contributed by atoms with E-state index < -0.39 is 33.5 Å². The molecule has 3 aromatic rings. The Labute approximate surface area is 208 Å². The average Bonchev–Trinajstić information content (AvgIpc) is 3.39. The number of nitriles is 1. The molecule has 1 aliphatic rings. The van der Waals surface area contributed by atoms with E-state index in [1.807, 2.05) is 0 Å². The summed E-state index contributed by atoms with van der Waals surface area (Å²) in [5.74, 6) is -1.53. The summed E-state index contributed by atoms with van der Waals surface area (Å²) in [5, 5.41) is 16.9. The Balaban J connectivity index is 1.59. The molecule has 1 atom stereocenters. The van der Waals surface area contributed by atoms with Gasteiger partial charge in [0.25, 0.3) is 5.91 Å². The summed E-state index contributed by atoms with van der Waals surface area (Å²) in [6.07, 6.45) is 4.66. The maximum atomic E-state index is 13.4. The van der Waals surface area contributed by atoms with Crippen LogP contribution in [0, 0.1) is 18.3 Å². The van der Waals surface area contributed by atoms with Crippen molar-refractivity contribution in [1.29, 1.82) is 5.26 Å². The topological polar surface area (TPSA) is 153 Å². The van der Waals surface area contributed by atoms with Gasteiger partial charge in [-0.3, -0.25) is 4.79 Å². The molecule has 0 radical (unpaired) electrons. The molecule has 0 spiro atoms. The molecule has 0 aromatic carbocycles. The Bertz CT molecular complexity index is 1460. The largest absolute Gasteiger partial charge is 0.534 e. The molecule has 4 rings (SSSR count). The van der Waals surface area contributed by atoms with Crippen molar-refractivity contribution in [1.82, 2.24) is 29.9 Å². The number of aromatic nitrogens is 5. The molecule has 37 heavy (non-hydrogen) atoms. The molecule has 0 saturated carbocycles. The maximum absolute atomic E-state index is 13.4. The number of nitrogens with zero attached hydrogens (tertiary/aromatic N) is 7. The number of hydrogen-bond acceptors (Lipinski definition) is 10. The van der Waals surface area contributed by atoms with E-state index in [1.165, 1.54) is 23.5 Å². The molecule has 0 N–H and O–H groups in total. The van der Waals surface area contributed by atoms with Gasteiger partial charge in [-0.05, 0) is 31.9 Å². The Morgan fingerprint density at radius 2 is 1.92 bits per heavy atom. The van der Waals surface area contributed by atoms with E-state index in [4.69, 9.17) is 4.74 Å². The summed E-state index contributed by atoms with van der Waals surface area (Å²) < 4.78 is 71.1. The minimum Gasteiger partial charge on any atom is -0.472 e. The van der Waals surface area contributed by atoms with Gasteiger partial charge in [-0.2, -0.15) is 42.0 Å². The first-order valence-corrected chi connectivity index (χ1v) is 12.1. The van der Waals surface area contributed by atoms with Gasteiger partial charge in [0, 0.05) is 24.4 Å². The molecule has 3 aromatic heterocycles. The maximum Gasteiger partial charge on any atom is 0.534 e. The first-order chi connectivity index (χ1) is 17.5. The average molecular weight is 537 g/mol. The van der Waals surface area contributed by atoms with Gasteiger partial charge in [-0.15, -0.1) is 4.80 Å². The lowest BCUT2D eigenvalue weighted by Gasteiger charge is -2.33. The molecule has 12 nitrogen and oxygen atoms in total. The smallest absolute Gasteiger partial charge is 0.472 e. The van der Waals surface area contributed by atoms with Crippen LogP contribution in [-0.4, -0.2) is 68.9 Å². The van der Waals surface area contributed by atoms with Crippen LogP contribution in [0.1, 0.15) is 34.3 Å². The number of ether oxygens (including phenoxy) is 1. The molecule has 16 heteroatoms. The number of hydrogen-bond donors (Lipinski definition) is 0. The lowest BCUT2D eigenvalue weighted by molar-refractivity contribution is -0.0501. The number of likely N-dealkylation sites (tertiary alicyclic amines) is 1. The van der Waals surface area contributed by atoms with Crippen LogP contribution in [0.2, 0.25) is 0 Å². The second-order valence-corrected chi connectivity index (χ2v) is 9.39. The quantitative estimate of drug-likeness (QED) is 0.338. The van der Waals surface area contributed by atoms with Crippen LogP contribution >= 0.6 is 0 Å². The van der Waals surface area contributed by atoms with Crippen molar-refractivity contribution in [2.24, 2.45) is 0 Å². The third-order valence-electron chi connectivity index (χ3n) is 5.39. The molecule has 1 fully saturated rings. The first kappa shape index (κ1) is 25.8. The number of carbonyl (C=O) groups excluding carboxylic acids is 1. The van der Waals surface area contributed by atoms with Crippen LogP contribution in [0.5, 0.6) is 11.8 Å². The van der Waals surface area contributed by atoms with Gasteiger partial charge in [0.2, 0.25) is 11.8 Å². The van der Waals surface area contributed by atoms with Gasteiger partial charge in [-0.25, -0.2) is 4.98 Å². The predicted molar refractivity (Wildman–Crippen MR) is 118 cm³/mol. The van der Waals surface area contributed by atoms with E-state index in [0.717, 1.165) is 16.9 Å². The van der Waals surface area contributed by atoms with Crippen molar-refractivity contribution in [3.05, 3.63) is 53.5 Å². The monoisotopic (exact) mass is 537 g/mol. The summed E-state index contributed by atoms with van der Waals surface area (Å²) in [7, 11) is -5.99. The number of alkyl halides is 3. The van der Waals surface area contributed by atoms with Crippen LogP contribution < -0.4 is 8.92 Å². The number of amides is 1. The number of halogens is 3. The summed E-state index contributed by atoms with van der Waals surface area (Å²) in [4.78, 5) is 23.6. The Kier molecular flexibility index (Phi) is 6.99. The molecular weight excluding hydrogens is 519 g/mol. The van der Waals surface area contributed by atoms with Gasteiger partial charge < -0.3 is 13.8 Å². The molecular formula is C21H18F3N7O5S. The minimum atomic E-state index is -5.99. The van der Waals surface area contributed by atoms with Gasteiger partial charge in [0.15, 0.2) is 5.82 Å². The van der Waals surface area contributed by atoms with Gasteiger partial charge in [-0.1, -0.05) is 0 Å². The highest BCUT2D eigenvalue weighted by molar-refractivity contribution is 7.87. The van der Waals surface area contributed by atoms with Crippen LogP contribution in [0.25, 0.3) is 5.82 Å². The van der Waals surface area contributed by atoms with Crippen molar-refractivity contribution in [2.75, 3.05) is 13.1 Å². The van der Waals surface area contributed by atoms with E-state index in [2.05, 4.69) is 30.4 Å². The van der Waals surface area contributed by atoms with Crippen molar-refractivity contribution < 1.29 is 35.3 Å². The lowest BCUT2D eigenvalue weighted by atomic mass is 10.1. The fourth-order valence-electron chi connectivity index (χ4n) is 3.59. The predicted octanol–water partition coefficient (Wildman–Crippen LogP) is 2.15. The zero-order valence-electron chi connectivity index (χ0n) is 19.1. The second-order valence-electron chi connectivity index (χ2n) is 7.86. The summed E-state index contributed by atoms with van der Waals surface area (Å²) in [5.41, 5.74) is -4.80.